The molecule has 0 aliphatic carbocycles. The molecule has 1 aromatic carbocycles. The lowest BCUT2D eigenvalue weighted by molar-refractivity contribution is 0.278. The van der Waals surface area contributed by atoms with Gasteiger partial charge in [-0.25, -0.2) is 0 Å². The molecule has 1 saturated heterocycles. The summed E-state index contributed by atoms with van der Waals surface area (Å²) >= 11 is 5.94. The summed E-state index contributed by atoms with van der Waals surface area (Å²) in [6.45, 7) is 1.29. The molecule has 77 valence electrons. The van der Waals surface area contributed by atoms with E-state index in [-0.39, 0.29) is 0 Å². The van der Waals surface area contributed by atoms with Crippen LogP contribution in [0.15, 0.2) is 30.3 Å². The molecule has 3 nitrogen and oxygen atoms in total. The van der Waals surface area contributed by atoms with Crippen LogP contribution < -0.4 is 4.67 Å². The Morgan fingerprint density at radius 3 is 2.71 bits per heavy atom. The predicted molar refractivity (Wildman–Crippen MR) is 59.3 cm³/mol. The Morgan fingerprint density at radius 1 is 1.36 bits per heavy atom. The standard InChI is InChI=1S/C9H12ClNO2P/c10-14(12)11(7-4-8-13-14)9-5-2-1-3-6-9/h1-3,5-6,12H,4,7-8H2. The van der Waals surface area contributed by atoms with Gasteiger partial charge >= 0.3 is 0 Å². The molecule has 0 saturated carbocycles. The summed E-state index contributed by atoms with van der Waals surface area (Å²) in [7, 11) is -2.86. The van der Waals surface area contributed by atoms with Crippen LogP contribution in [-0.4, -0.2) is 18.0 Å². The van der Waals surface area contributed by atoms with Crippen molar-refractivity contribution in [1.82, 2.24) is 0 Å². The average molecular weight is 233 g/mol. The molecule has 14 heavy (non-hydrogen) atoms. The highest BCUT2D eigenvalue weighted by Gasteiger charge is 2.35. The van der Waals surface area contributed by atoms with Crippen LogP contribution in [0.1, 0.15) is 6.42 Å². The van der Waals surface area contributed by atoms with Gasteiger partial charge < -0.3 is 14.1 Å². The molecular formula is C9H12ClNO2P. The third-order valence-corrected chi connectivity index (χ3v) is 4.50. The van der Waals surface area contributed by atoms with Crippen molar-refractivity contribution in [2.45, 2.75) is 6.42 Å². The minimum atomic E-state index is -2.86. The van der Waals surface area contributed by atoms with Crippen LogP contribution in [0.5, 0.6) is 0 Å². The summed E-state index contributed by atoms with van der Waals surface area (Å²) < 4.78 is 6.94. The number of rotatable bonds is 1. The molecule has 0 bridgehead atoms. The highest BCUT2D eigenvalue weighted by atomic mass is 35.7. The fourth-order valence-corrected chi connectivity index (χ4v) is 3.46. The second-order valence-electron chi connectivity index (χ2n) is 3.12. The summed E-state index contributed by atoms with van der Waals surface area (Å²) in [5.41, 5.74) is 0.915. The van der Waals surface area contributed by atoms with Crippen molar-refractivity contribution in [3.05, 3.63) is 30.3 Å². The lowest BCUT2D eigenvalue weighted by Gasteiger charge is -2.39. The lowest BCUT2D eigenvalue weighted by atomic mass is 10.3. The van der Waals surface area contributed by atoms with Gasteiger partial charge in [0.05, 0.1) is 6.61 Å². The Kier molecular flexibility index (Phi) is 2.93. The largest absolute Gasteiger partial charge is 0.329 e. The number of nitrogens with zero attached hydrogens (tertiary/aromatic N) is 1. The minimum Gasteiger partial charge on any atom is -0.329 e. The molecule has 0 aromatic heterocycles. The Balaban J connectivity index is 2.24. The zero-order valence-corrected chi connectivity index (χ0v) is 9.29. The van der Waals surface area contributed by atoms with Crippen LogP contribution in [-0.2, 0) is 4.52 Å². The van der Waals surface area contributed by atoms with Gasteiger partial charge in [0.25, 0.3) is 7.22 Å². The SMILES string of the molecule is O[P]1(Cl)OCCCN1c1ccccc1. The minimum absolute atomic E-state index is 0.539. The molecule has 1 aromatic rings. The predicted octanol–water partition coefficient (Wildman–Crippen LogP) is 2.82. The number of hydrogen-bond donors (Lipinski definition) is 1. The Bertz CT molecular complexity index is 307. The van der Waals surface area contributed by atoms with E-state index in [4.69, 9.17) is 15.8 Å². The quantitative estimate of drug-likeness (QED) is 0.756. The monoisotopic (exact) mass is 232 g/mol. The molecule has 2 rings (SSSR count). The first-order chi connectivity index (χ1) is 6.70. The van der Waals surface area contributed by atoms with Crippen LogP contribution >= 0.6 is 18.5 Å². The van der Waals surface area contributed by atoms with E-state index in [1.165, 1.54) is 0 Å². The van der Waals surface area contributed by atoms with E-state index >= 15 is 0 Å². The van der Waals surface area contributed by atoms with E-state index in [2.05, 4.69) is 0 Å². The Labute approximate surface area is 88.6 Å². The van der Waals surface area contributed by atoms with Crippen LogP contribution in [0.3, 0.4) is 0 Å². The van der Waals surface area contributed by atoms with Gasteiger partial charge in [0.2, 0.25) is 0 Å². The summed E-state index contributed by atoms with van der Waals surface area (Å²) in [4.78, 5) is 9.87. The molecule has 1 fully saturated rings. The molecule has 0 spiro atoms. The molecule has 1 aliphatic heterocycles. The van der Waals surface area contributed by atoms with Crippen molar-refractivity contribution in [2.24, 2.45) is 0 Å². The summed E-state index contributed by atoms with van der Waals surface area (Å²) in [5.74, 6) is 0. The number of hydrogen-bond acceptors (Lipinski definition) is 3. The third-order valence-electron chi connectivity index (χ3n) is 2.12. The van der Waals surface area contributed by atoms with Crippen molar-refractivity contribution in [2.75, 3.05) is 17.8 Å². The fourth-order valence-electron chi connectivity index (χ4n) is 1.46. The lowest BCUT2D eigenvalue weighted by Crippen LogP contribution is -2.29. The van der Waals surface area contributed by atoms with Crippen LogP contribution in [0.2, 0.25) is 0 Å². The molecule has 1 aliphatic rings. The van der Waals surface area contributed by atoms with Gasteiger partial charge in [-0.3, -0.25) is 0 Å². The van der Waals surface area contributed by atoms with Crippen molar-refractivity contribution < 1.29 is 9.42 Å². The summed E-state index contributed by atoms with van der Waals surface area (Å²) in [6, 6.07) is 9.60. The molecule has 1 N–H and O–H groups in total. The molecule has 1 unspecified atom stereocenters. The molecule has 0 amide bonds. The molecule has 1 atom stereocenters. The van der Waals surface area contributed by atoms with Crippen molar-refractivity contribution in [3.8, 4) is 0 Å². The average Bonchev–Trinajstić information content (AvgIpc) is 2.18. The zero-order valence-electron chi connectivity index (χ0n) is 7.64. The highest BCUT2D eigenvalue weighted by Crippen LogP contribution is 2.66. The van der Waals surface area contributed by atoms with Gasteiger partial charge in [-0.05, 0) is 29.8 Å². The van der Waals surface area contributed by atoms with Gasteiger partial charge in [0.15, 0.2) is 0 Å². The summed E-state index contributed by atoms with van der Waals surface area (Å²) in [6.07, 6.45) is 0.893. The van der Waals surface area contributed by atoms with E-state index in [9.17, 15) is 4.89 Å². The number of para-hydroxylation sites is 1. The van der Waals surface area contributed by atoms with Crippen molar-refractivity contribution >= 4 is 24.1 Å². The van der Waals surface area contributed by atoms with Gasteiger partial charge in [0, 0.05) is 12.2 Å². The van der Waals surface area contributed by atoms with Crippen LogP contribution in [0, 0.1) is 0 Å². The first kappa shape index (κ1) is 10.2. The van der Waals surface area contributed by atoms with Crippen LogP contribution in [0.25, 0.3) is 0 Å². The third kappa shape index (κ3) is 2.01. The number of benzene rings is 1. The topological polar surface area (TPSA) is 32.7 Å². The van der Waals surface area contributed by atoms with Crippen LogP contribution in [0.4, 0.5) is 5.69 Å². The number of halogens is 1. The van der Waals surface area contributed by atoms with Gasteiger partial charge in [0.1, 0.15) is 0 Å². The fraction of sp³-hybridized carbons (Fsp3) is 0.333. The van der Waals surface area contributed by atoms with E-state index in [1.54, 1.807) is 4.67 Å². The Hall–Kier alpha value is -0.340. The highest BCUT2D eigenvalue weighted by molar-refractivity contribution is 7.92. The second-order valence-corrected chi connectivity index (χ2v) is 6.13. The first-order valence-electron chi connectivity index (χ1n) is 4.49. The maximum Gasteiger partial charge on any atom is 0.290 e. The maximum atomic E-state index is 9.87. The normalized spacial score (nSPS) is 27.7. The number of anilines is 1. The summed E-state index contributed by atoms with van der Waals surface area (Å²) in [5, 5.41) is 0. The Morgan fingerprint density at radius 2 is 2.07 bits per heavy atom. The van der Waals surface area contributed by atoms with E-state index in [1.807, 2.05) is 30.3 Å². The smallest absolute Gasteiger partial charge is 0.290 e. The zero-order chi connectivity index (χ0) is 10.0. The molecule has 1 heterocycles. The second kappa shape index (κ2) is 4.03. The van der Waals surface area contributed by atoms with E-state index in [0.717, 1.165) is 18.7 Å². The van der Waals surface area contributed by atoms with Crippen molar-refractivity contribution in [1.29, 1.82) is 0 Å². The maximum absolute atomic E-state index is 9.87. The first-order valence-corrected chi connectivity index (χ1v) is 7.01. The van der Waals surface area contributed by atoms with Crippen molar-refractivity contribution in [3.63, 3.8) is 0 Å². The molecule has 1 radical (unpaired) electrons. The van der Waals surface area contributed by atoms with Gasteiger partial charge in [-0.15, -0.1) is 0 Å². The molecule has 5 heteroatoms. The van der Waals surface area contributed by atoms with E-state index < -0.39 is 7.22 Å². The van der Waals surface area contributed by atoms with Gasteiger partial charge in [-0.2, -0.15) is 0 Å². The molecular weight excluding hydrogens is 221 g/mol. The van der Waals surface area contributed by atoms with E-state index in [0.29, 0.717) is 6.61 Å². The van der Waals surface area contributed by atoms with Gasteiger partial charge in [-0.1, -0.05) is 18.2 Å².